The highest BCUT2D eigenvalue weighted by molar-refractivity contribution is 6.68. The van der Waals surface area contributed by atoms with E-state index in [2.05, 4.69) is 20.3 Å². The molecule has 5 aliphatic rings. The molecule has 20 heteroatoms. The Morgan fingerprint density at radius 2 is 1.83 bits per heavy atom. The number of guanidine groups is 1. The number of amides is 1. The smallest absolute Gasteiger partial charge is 0.284 e. The molecule has 2 bridgehead atoms. The van der Waals surface area contributed by atoms with Crippen molar-refractivity contribution in [2.75, 3.05) is 38.8 Å². The maximum Gasteiger partial charge on any atom is 0.284 e. The monoisotopic (exact) mass is 904 g/mol. The number of aliphatic hydroxyl groups excluding tert-OH is 4. The number of rotatable bonds is 12. The lowest BCUT2D eigenvalue weighted by Gasteiger charge is -2.42. The number of ether oxygens (including phenoxy) is 5. The van der Waals surface area contributed by atoms with Gasteiger partial charge in [-0.05, 0) is 60.4 Å². The summed E-state index contributed by atoms with van der Waals surface area (Å²) in [7, 11) is 0. The number of quaternary nitrogens is 1. The fraction of sp³-hybridized carbons (Fsp3) is 0.348. The predicted molar refractivity (Wildman–Crippen MR) is 231 cm³/mol. The van der Waals surface area contributed by atoms with Gasteiger partial charge in [-0.15, -0.1) is 0 Å². The fourth-order valence-corrected chi connectivity index (χ4v) is 8.92. The molecule has 8 unspecified atom stereocenters. The maximum atomic E-state index is 14.8. The summed E-state index contributed by atoms with van der Waals surface area (Å²) in [5.41, 5.74) is 8.31. The van der Waals surface area contributed by atoms with Crippen LogP contribution in [0.1, 0.15) is 72.9 Å². The van der Waals surface area contributed by atoms with Crippen molar-refractivity contribution in [2.24, 2.45) is 9.98 Å². The second-order valence-electron chi connectivity index (χ2n) is 16.3. The summed E-state index contributed by atoms with van der Waals surface area (Å²) in [6, 6.07) is 16.6. The number of nitrogens with one attached hydrogen (secondary N) is 3. The van der Waals surface area contributed by atoms with Crippen molar-refractivity contribution in [3.63, 3.8) is 0 Å². The van der Waals surface area contributed by atoms with Gasteiger partial charge in [0.25, 0.3) is 11.7 Å². The third-order valence-corrected chi connectivity index (χ3v) is 12.2. The van der Waals surface area contributed by atoms with Crippen LogP contribution in [0.4, 0.5) is 11.5 Å². The number of hydrogen-bond acceptors (Lipinski definition) is 17. The predicted octanol–water partition coefficient (Wildman–Crippen LogP) is -0.343. The van der Waals surface area contributed by atoms with Gasteiger partial charge in [0.15, 0.2) is 29.7 Å². The average molecular weight is 905 g/mol. The van der Waals surface area contributed by atoms with Crippen LogP contribution in [-0.4, -0.2) is 137 Å². The second-order valence-corrected chi connectivity index (χ2v) is 16.3. The molecule has 66 heavy (non-hydrogen) atoms. The first-order valence-electron chi connectivity index (χ1n) is 21.3. The number of hydrogen-bond donors (Lipinski definition) is 8. The molecule has 342 valence electrons. The highest BCUT2D eigenvalue weighted by Crippen LogP contribution is 2.49. The Bertz CT molecular complexity index is 2690. The van der Waals surface area contributed by atoms with Gasteiger partial charge in [-0.2, -0.15) is 4.99 Å². The number of carbonyl (C=O) groups excluding carboxylic acids is 4. The van der Waals surface area contributed by atoms with Crippen molar-refractivity contribution >= 4 is 52.8 Å². The number of nitrogens with two attached hydrogens (primary N) is 1. The third-order valence-electron chi connectivity index (χ3n) is 12.2. The number of para-hydroxylation sites is 1. The number of benzene rings is 3. The summed E-state index contributed by atoms with van der Waals surface area (Å²) >= 11 is 0. The summed E-state index contributed by atoms with van der Waals surface area (Å²) in [5, 5.41) is 54.6. The summed E-state index contributed by atoms with van der Waals surface area (Å²) in [4.78, 5) is 67.4. The number of anilines is 1. The summed E-state index contributed by atoms with van der Waals surface area (Å²) in [6.07, 6.45) is -6.40. The quantitative estimate of drug-likeness (QED) is 0.0743. The number of amidine groups is 1. The Morgan fingerprint density at radius 3 is 2.64 bits per heavy atom. The normalized spacial score (nSPS) is 25.1. The number of pyridine rings is 1. The molecular formula is C46H46N7O13+. The van der Waals surface area contributed by atoms with Crippen molar-refractivity contribution < 1.29 is 68.2 Å². The molecule has 1 amide bonds. The van der Waals surface area contributed by atoms with E-state index >= 15 is 0 Å². The first-order valence-corrected chi connectivity index (χ1v) is 21.3. The number of nitrogens with zero attached hydrogens (tertiary/aromatic N) is 3. The number of carbonyl (C=O) groups is 4. The van der Waals surface area contributed by atoms with Gasteiger partial charge in [-0.25, -0.2) is 14.9 Å². The molecule has 9 N–H and O–H groups in total. The standard InChI is InChI=1S/C46H45N7O13/c47-33-16-22(7-11-49-33)9-14-63-42-39(60)38(59)32-20-62-13-10-25(26-3-1-2-4-31(26)53-21-50-35-43(53)51-46(48)52-44(35)61)29-17-30-34(37(58)28-15-23(18-55)5-6-27(28)36(30)57)41(40(29)66-45(42)65-32)64-19-24(56)8-12-54/h1-7,11-12,15-17,24-25,32,38-39,42,45,55-56,59-60H,8-10,13-14,18-21H2,(H2,47,49)(H2,48,52,61)/p+1. The van der Waals surface area contributed by atoms with Crippen LogP contribution in [-0.2, 0) is 36.8 Å². The van der Waals surface area contributed by atoms with Gasteiger partial charge < -0.3 is 54.6 Å². The first-order chi connectivity index (χ1) is 31.9. The van der Waals surface area contributed by atoms with Gasteiger partial charge in [0.2, 0.25) is 18.0 Å². The molecule has 1 saturated heterocycles. The molecule has 0 spiro atoms. The van der Waals surface area contributed by atoms with Crippen LogP contribution in [0.3, 0.4) is 0 Å². The molecule has 20 nitrogen and oxygen atoms in total. The highest BCUT2D eigenvalue weighted by Gasteiger charge is 2.49. The Balaban J connectivity index is 1.24. The Kier molecular flexibility index (Phi) is 12.6. The number of aliphatic imine (C=N–C) groups is 2. The lowest BCUT2D eigenvalue weighted by Crippen LogP contribution is -3.09. The molecule has 0 radical (unpaired) electrons. The molecule has 3 aromatic carbocycles. The van der Waals surface area contributed by atoms with Crippen molar-refractivity contribution in [1.29, 1.82) is 5.41 Å². The summed E-state index contributed by atoms with van der Waals surface area (Å²) in [5.74, 6) is -2.88. The van der Waals surface area contributed by atoms with E-state index in [0.717, 1.165) is 5.56 Å². The molecule has 0 saturated carbocycles. The van der Waals surface area contributed by atoms with Crippen molar-refractivity contribution in [2.45, 2.75) is 68.6 Å². The molecular weight excluding hydrogens is 859 g/mol. The number of nitrogen functional groups attached to an aromatic ring is 1. The van der Waals surface area contributed by atoms with Gasteiger partial charge >= 0.3 is 0 Å². The van der Waals surface area contributed by atoms with Gasteiger partial charge in [0, 0.05) is 53.0 Å². The minimum Gasteiger partial charge on any atom is -0.486 e. The first kappa shape index (κ1) is 44.6. The highest BCUT2D eigenvalue weighted by atomic mass is 16.7. The SMILES string of the molecule is N=C1N=C2C(=NC[NH+]2c2ccccc2C2CCOCC3OC(Oc4c2cc2c(c4OCC(O)CC=O)C(=O)c4cc(CO)ccc4C2=O)C(OCCc2ccnc(N)c2)C(O)C3O)C(=O)N1. The molecule has 4 aliphatic heterocycles. The second kappa shape index (κ2) is 18.7. The van der Waals surface area contributed by atoms with Crippen molar-refractivity contribution in [3.8, 4) is 11.5 Å². The largest absolute Gasteiger partial charge is 0.486 e. The summed E-state index contributed by atoms with van der Waals surface area (Å²) < 4.78 is 32.0. The topological polar surface area (TPSA) is 299 Å². The molecule has 5 heterocycles. The summed E-state index contributed by atoms with van der Waals surface area (Å²) in [6.45, 7) is -1.13. The number of aliphatic hydroxyl groups is 4. The van der Waals surface area contributed by atoms with E-state index in [1.807, 2.05) is 12.1 Å². The number of fused-ring (bicyclic) bond motifs is 6. The van der Waals surface area contributed by atoms with E-state index in [1.165, 1.54) is 24.3 Å². The molecule has 8 atom stereocenters. The van der Waals surface area contributed by atoms with Gasteiger partial charge in [0.05, 0.1) is 31.5 Å². The lowest BCUT2D eigenvalue weighted by molar-refractivity contribution is -0.723. The number of ketones is 2. The Morgan fingerprint density at radius 1 is 1.00 bits per heavy atom. The molecule has 1 aromatic heterocycles. The van der Waals surface area contributed by atoms with Crippen LogP contribution in [0.15, 0.2) is 76.8 Å². The molecule has 4 aromatic rings. The van der Waals surface area contributed by atoms with Gasteiger partial charge in [-0.1, -0.05) is 24.3 Å². The maximum absolute atomic E-state index is 14.8. The van der Waals surface area contributed by atoms with Crippen LogP contribution in [0, 0.1) is 5.41 Å². The minimum atomic E-state index is -1.61. The van der Waals surface area contributed by atoms with Crippen LogP contribution < -0.4 is 25.4 Å². The fourth-order valence-electron chi connectivity index (χ4n) is 8.92. The number of aromatic nitrogens is 1. The van der Waals surface area contributed by atoms with E-state index in [9.17, 15) is 39.6 Å². The van der Waals surface area contributed by atoms with E-state index in [1.54, 1.807) is 30.5 Å². The van der Waals surface area contributed by atoms with Crippen molar-refractivity contribution in [3.05, 3.63) is 111 Å². The van der Waals surface area contributed by atoms with E-state index in [0.29, 0.717) is 40.2 Å². The van der Waals surface area contributed by atoms with Crippen LogP contribution >= 0.6 is 0 Å². The third kappa shape index (κ3) is 8.40. The number of aldehydes is 1. The van der Waals surface area contributed by atoms with Gasteiger partial charge in [0.1, 0.15) is 48.8 Å². The Hall–Kier alpha value is -6.62. The van der Waals surface area contributed by atoms with Crippen LogP contribution in [0.2, 0.25) is 0 Å². The molecule has 1 fully saturated rings. The van der Waals surface area contributed by atoms with E-state index in [4.69, 9.17) is 34.8 Å². The van der Waals surface area contributed by atoms with Crippen LogP contribution in [0.5, 0.6) is 11.5 Å². The van der Waals surface area contributed by atoms with Crippen molar-refractivity contribution in [1.82, 2.24) is 10.3 Å². The zero-order chi connectivity index (χ0) is 46.2. The van der Waals surface area contributed by atoms with Crippen LogP contribution in [0.25, 0.3) is 0 Å². The lowest BCUT2D eigenvalue weighted by atomic mass is 9.78. The molecule has 9 rings (SSSR count). The van der Waals surface area contributed by atoms with E-state index < -0.39 is 73.4 Å². The minimum absolute atomic E-state index is 0.0107. The average Bonchev–Trinajstić information content (AvgIpc) is 3.73. The zero-order valence-corrected chi connectivity index (χ0v) is 35.2. The van der Waals surface area contributed by atoms with E-state index in [-0.39, 0.29) is 96.2 Å². The molecule has 1 aliphatic carbocycles. The Labute approximate surface area is 376 Å². The zero-order valence-electron chi connectivity index (χ0n) is 35.2. The van der Waals surface area contributed by atoms with Gasteiger partial charge in [-0.3, -0.25) is 25.1 Å².